The second-order valence-electron chi connectivity index (χ2n) is 2.84. The molecule has 0 atom stereocenters. The molecule has 0 unspecified atom stereocenters. The Morgan fingerprint density at radius 1 is 1.47 bits per heavy atom. The number of pyridine rings is 1. The summed E-state index contributed by atoms with van der Waals surface area (Å²) in [6.45, 7) is 0.449. The van der Waals surface area contributed by atoms with Gasteiger partial charge in [0.1, 0.15) is 0 Å². The third-order valence-corrected chi connectivity index (χ3v) is 2.25. The van der Waals surface area contributed by atoms with Crippen LogP contribution in [0.4, 0.5) is 0 Å². The van der Waals surface area contributed by atoms with Gasteiger partial charge in [0.2, 0.25) is 0 Å². The lowest BCUT2D eigenvalue weighted by Crippen LogP contribution is -2.22. The summed E-state index contributed by atoms with van der Waals surface area (Å²) in [7, 11) is 0. The van der Waals surface area contributed by atoms with Crippen molar-refractivity contribution in [3.63, 3.8) is 0 Å². The summed E-state index contributed by atoms with van der Waals surface area (Å²) in [5.41, 5.74) is 1.30. The molecule has 0 aromatic carbocycles. The zero-order valence-electron chi connectivity index (χ0n) is 7.75. The van der Waals surface area contributed by atoms with Crippen molar-refractivity contribution < 1.29 is 4.79 Å². The van der Waals surface area contributed by atoms with E-state index in [1.165, 1.54) is 6.20 Å². The molecule has 2 rings (SSSR count). The third-order valence-electron chi connectivity index (χ3n) is 1.77. The fraction of sp³-hybridized carbons (Fsp3) is 0.111. The monoisotopic (exact) mass is 220 g/mol. The van der Waals surface area contributed by atoms with Crippen LogP contribution in [0.15, 0.2) is 30.7 Å². The SMILES string of the molecule is O=C(NCc1cccnc1)c1cnsn1. The van der Waals surface area contributed by atoms with E-state index in [0.717, 1.165) is 17.3 Å². The minimum atomic E-state index is -0.215. The fourth-order valence-electron chi connectivity index (χ4n) is 1.04. The van der Waals surface area contributed by atoms with E-state index in [1.807, 2.05) is 12.1 Å². The van der Waals surface area contributed by atoms with Gasteiger partial charge in [-0.05, 0) is 11.6 Å². The number of amides is 1. The van der Waals surface area contributed by atoms with Crippen LogP contribution in [0.2, 0.25) is 0 Å². The van der Waals surface area contributed by atoms with Crippen LogP contribution < -0.4 is 5.32 Å². The number of hydrogen-bond donors (Lipinski definition) is 1. The van der Waals surface area contributed by atoms with Crippen molar-refractivity contribution in [3.8, 4) is 0 Å². The average molecular weight is 220 g/mol. The molecule has 15 heavy (non-hydrogen) atoms. The van der Waals surface area contributed by atoms with E-state index in [1.54, 1.807) is 12.4 Å². The molecule has 5 nitrogen and oxygen atoms in total. The summed E-state index contributed by atoms with van der Waals surface area (Å²) in [6, 6.07) is 3.72. The van der Waals surface area contributed by atoms with Gasteiger partial charge in [0, 0.05) is 18.9 Å². The average Bonchev–Trinajstić information content (AvgIpc) is 2.81. The summed E-state index contributed by atoms with van der Waals surface area (Å²) in [6.07, 6.45) is 4.85. The smallest absolute Gasteiger partial charge is 0.272 e. The Kier molecular flexibility index (Phi) is 2.99. The van der Waals surface area contributed by atoms with Gasteiger partial charge in [-0.3, -0.25) is 9.78 Å². The van der Waals surface area contributed by atoms with E-state index < -0.39 is 0 Å². The molecular formula is C9H8N4OS. The normalized spacial score (nSPS) is 9.87. The first-order valence-electron chi connectivity index (χ1n) is 4.31. The molecule has 0 spiro atoms. The molecule has 1 N–H and O–H groups in total. The molecule has 0 fully saturated rings. The highest BCUT2D eigenvalue weighted by molar-refractivity contribution is 6.99. The lowest BCUT2D eigenvalue weighted by Gasteiger charge is -2.01. The van der Waals surface area contributed by atoms with E-state index in [4.69, 9.17) is 0 Å². The number of carbonyl (C=O) groups is 1. The first-order chi connectivity index (χ1) is 7.36. The van der Waals surface area contributed by atoms with Crippen molar-refractivity contribution in [2.75, 3.05) is 0 Å². The van der Waals surface area contributed by atoms with Gasteiger partial charge in [0.05, 0.1) is 17.9 Å². The van der Waals surface area contributed by atoms with E-state index in [-0.39, 0.29) is 5.91 Å². The maximum Gasteiger partial charge on any atom is 0.272 e. The number of nitrogens with one attached hydrogen (secondary N) is 1. The molecule has 76 valence electrons. The first-order valence-corrected chi connectivity index (χ1v) is 5.04. The molecule has 0 aliphatic carbocycles. The summed E-state index contributed by atoms with van der Waals surface area (Å²) in [5, 5.41) is 2.73. The molecule has 0 aliphatic heterocycles. The van der Waals surface area contributed by atoms with Crippen molar-refractivity contribution >= 4 is 17.6 Å². The molecule has 6 heteroatoms. The van der Waals surface area contributed by atoms with Gasteiger partial charge in [-0.2, -0.15) is 8.75 Å². The second kappa shape index (κ2) is 4.61. The van der Waals surface area contributed by atoms with Gasteiger partial charge in [0.25, 0.3) is 5.91 Å². The Balaban J connectivity index is 1.92. The minimum absolute atomic E-state index is 0.215. The molecule has 2 aromatic rings. The van der Waals surface area contributed by atoms with Crippen LogP contribution in [0.5, 0.6) is 0 Å². The zero-order valence-corrected chi connectivity index (χ0v) is 8.57. The maximum absolute atomic E-state index is 11.5. The van der Waals surface area contributed by atoms with Crippen LogP contribution in [0, 0.1) is 0 Å². The maximum atomic E-state index is 11.5. The van der Waals surface area contributed by atoms with E-state index in [0.29, 0.717) is 12.2 Å². The van der Waals surface area contributed by atoms with Crippen molar-refractivity contribution in [1.29, 1.82) is 0 Å². The minimum Gasteiger partial charge on any atom is -0.346 e. The van der Waals surface area contributed by atoms with Gasteiger partial charge in [-0.25, -0.2) is 0 Å². The van der Waals surface area contributed by atoms with E-state index >= 15 is 0 Å². The first kappa shape index (κ1) is 9.72. The van der Waals surface area contributed by atoms with Crippen molar-refractivity contribution in [1.82, 2.24) is 19.0 Å². The molecule has 2 heterocycles. The highest BCUT2D eigenvalue weighted by atomic mass is 32.1. The Labute approximate surface area is 90.5 Å². The molecule has 0 saturated heterocycles. The van der Waals surface area contributed by atoms with Crippen LogP contribution in [0.1, 0.15) is 16.1 Å². The van der Waals surface area contributed by atoms with Crippen LogP contribution in [0.3, 0.4) is 0 Å². The molecule has 0 aliphatic rings. The largest absolute Gasteiger partial charge is 0.346 e. The van der Waals surface area contributed by atoms with Gasteiger partial charge in [-0.1, -0.05) is 6.07 Å². The van der Waals surface area contributed by atoms with Gasteiger partial charge in [0.15, 0.2) is 5.69 Å². The number of nitrogens with zero attached hydrogens (tertiary/aromatic N) is 3. The van der Waals surface area contributed by atoms with Gasteiger partial charge < -0.3 is 5.32 Å². The highest BCUT2D eigenvalue weighted by Gasteiger charge is 2.07. The number of rotatable bonds is 3. The Morgan fingerprint density at radius 3 is 3.07 bits per heavy atom. The van der Waals surface area contributed by atoms with Crippen molar-refractivity contribution in [2.24, 2.45) is 0 Å². The molecular weight excluding hydrogens is 212 g/mol. The fourth-order valence-corrected chi connectivity index (χ4v) is 1.45. The molecule has 1 amide bonds. The lowest BCUT2D eigenvalue weighted by molar-refractivity contribution is 0.0947. The number of aromatic nitrogens is 3. The van der Waals surface area contributed by atoms with Crippen molar-refractivity contribution in [3.05, 3.63) is 42.0 Å². The Morgan fingerprint density at radius 2 is 2.40 bits per heavy atom. The van der Waals surface area contributed by atoms with Gasteiger partial charge >= 0.3 is 0 Å². The summed E-state index contributed by atoms with van der Waals surface area (Å²) in [4.78, 5) is 15.4. The Bertz CT molecular complexity index is 429. The standard InChI is InChI=1S/C9H8N4OS/c14-9(8-6-12-15-13-8)11-5-7-2-1-3-10-4-7/h1-4,6H,5H2,(H,11,14). The Hall–Kier alpha value is -1.82. The van der Waals surface area contributed by atoms with Crippen LogP contribution in [-0.2, 0) is 6.54 Å². The van der Waals surface area contributed by atoms with Crippen LogP contribution in [0.25, 0.3) is 0 Å². The van der Waals surface area contributed by atoms with Crippen LogP contribution >= 0.6 is 11.7 Å². The summed E-state index contributed by atoms with van der Waals surface area (Å²) in [5.74, 6) is -0.215. The summed E-state index contributed by atoms with van der Waals surface area (Å²) < 4.78 is 7.59. The van der Waals surface area contributed by atoms with Crippen LogP contribution in [-0.4, -0.2) is 19.6 Å². The zero-order chi connectivity index (χ0) is 10.5. The highest BCUT2D eigenvalue weighted by Crippen LogP contribution is 1.98. The molecule has 0 saturated carbocycles. The quantitative estimate of drug-likeness (QED) is 0.833. The third kappa shape index (κ3) is 2.57. The predicted octanol–water partition coefficient (Wildman–Crippen LogP) is 0.863. The predicted molar refractivity (Wildman–Crippen MR) is 55.3 cm³/mol. The number of carbonyl (C=O) groups excluding carboxylic acids is 1. The molecule has 2 aromatic heterocycles. The lowest BCUT2D eigenvalue weighted by atomic mass is 10.3. The molecule has 0 bridgehead atoms. The van der Waals surface area contributed by atoms with Crippen molar-refractivity contribution in [2.45, 2.75) is 6.54 Å². The topological polar surface area (TPSA) is 67.8 Å². The van der Waals surface area contributed by atoms with Gasteiger partial charge in [-0.15, -0.1) is 0 Å². The summed E-state index contributed by atoms with van der Waals surface area (Å²) >= 11 is 1.02. The number of hydrogen-bond acceptors (Lipinski definition) is 5. The van der Waals surface area contributed by atoms with E-state index in [2.05, 4.69) is 19.0 Å². The molecule has 0 radical (unpaired) electrons. The van der Waals surface area contributed by atoms with E-state index in [9.17, 15) is 4.79 Å². The second-order valence-corrected chi connectivity index (χ2v) is 3.39.